The van der Waals surface area contributed by atoms with Gasteiger partial charge in [0.15, 0.2) is 0 Å². The van der Waals surface area contributed by atoms with E-state index in [2.05, 4.69) is 15.3 Å². The quantitative estimate of drug-likeness (QED) is 0.509. The molecule has 2 atom stereocenters. The second-order valence-electron chi connectivity index (χ2n) is 8.89. The monoisotopic (exact) mass is 481 g/mol. The summed E-state index contributed by atoms with van der Waals surface area (Å²) in [6, 6.07) is 3.83. The highest BCUT2D eigenvalue weighted by molar-refractivity contribution is 5.93. The predicted octanol–water partition coefficient (Wildman–Crippen LogP) is 2.82. The molecule has 0 aliphatic heterocycles. The first-order valence-corrected chi connectivity index (χ1v) is 10.8. The van der Waals surface area contributed by atoms with E-state index in [4.69, 9.17) is 5.73 Å². The van der Waals surface area contributed by atoms with Crippen LogP contribution in [-0.2, 0) is 11.2 Å². The number of nitrogens with zero attached hydrogens (tertiary/aromatic N) is 3. The molecule has 0 bridgehead atoms. The van der Waals surface area contributed by atoms with Gasteiger partial charge in [-0.2, -0.15) is 13.2 Å². The number of nitrogens with one attached hydrogen (secondary N) is 1. The van der Waals surface area contributed by atoms with Crippen LogP contribution < -0.4 is 11.1 Å². The van der Waals surface area contributed by atoms with E-state index in [1.807, 2.05) is 4.90 Å². The van der Waals surface area contributed by atoms with Gasteiger partial charge >= 0.3 is 6.18 Å². The number of halogens is 4. The summed E-state index contributed by atoms with van der Waals surface area (Å²) < 4.78 is 55.5. The first-order chi connectivity index (χ1) is 15.9. The zero-order valence-electron chi connectivity index (χ0n) is 18.9. The number of carbonyl (C=O) groups excluding carboxylic acids is 2. The predicted molar refractivity (Wildman–Crippen MR) is 116 cm³/mol. The molecule has 3 rings (SSSR count). The number of likely N-dealkylation sites (N-methyl/N-ethyl adjacent to an activating group) is 1. The molecular weight excluding hydrogens is 454 g/mol. The molecule has 184 valence electrons. The van der Waals surface area contributed by atoms with Crippen LogP contribution in [0.3, 0.4) is 0 Å². The third kappa shape index (κ3) is 5.69. The van der Waals surface area contributed by atoms with Gasteiger partial charge in [0, 0.05) is 37.3 Å². The first-order valence-electron chi connectivity index (χ1n) is 10.8. The summed E-state index contributed by atoms with van der Waals surface area (Å²) >= 11 is 0. The number of aromatic nitrogens is 2. The summed E-state index contributed by atoms with van der Waals surface area (Å²) in [5, 5.41) is 2.72. The SMILES string of the molecule is CN(C)[C@H](CNC(=O)CC(c1cncnc1)C1(C(F)(F)F)CC1)Cc1ccc(C(N)=O)c(F)c1. The van der Waals surface area contributed by atoms with E-state index in [1.54, 1.807) is 20.2 Å². The van der Waals surface area contributed by atoms with Gasteiger partial charge in [-0.05, 0) is 56.6 Å². The van der Waals surface area contributed by atoms with Gasteiger partial charge < -0.3 is 16.0 Å². The van der Waals surface area contributed by atoms with Crippen molar-refractivity contribution < 1.29 is 27.2 Å². The van der Waals surface area contributed by atoms with Crippen LogP contribution in [0.1, 0.15) is 46.7 Å². The van der Waals surface area contributed by atoms with Gasteiger partial charge in [0.1, 0.15) is 12.1 Å². The Bertz CT molecular complexity index is 1030. The fourth-order valence-electron chi connectivity index (χ4n) is 4.17. The molecule has 3 N–H and O–H groups in total. The van der Waals surface area contributed by atoms with Gasteiger partial charge in [-0.15, -0.1) is 0 Å². The van der Waals surface area contributed by atoms with Crippen molar-refractivity contribution in [1.82, 2.24) is 20.2 Å². The van der Waals surface area contributed by atoms with Crippen LogP contribution in [0, 0.1) is 11.2 Å². The molecule has 1 heterocycles. The summed E-state index contributed by atoms with van der Waals surface area (Å²) in [7, 11) is 3.55. The maximum Gasteiger partial charge on any atom is 0.395 e. The average molecular weight is 481 g/mol. The van der Waals surface area contributed by atoms with Crippen LogP contribution in [0.2, 0.25) is 0 Å². The second kappa shape index (κ2) is 10.0. The lowest BCUT2D eigenvalue weighted by Gasteiger charge is -2.29. The third-order valence-electron chi connectivity index (χ3n) is 6.43. The van der Waals surface area contributed by atoms with E-state index in [0.717, 1.165) is 0 Å². The fourth-order valence-corrected chi connectivity index (χ4v) is 4.17. The van der Waals surface area contributed by atoms with E-state index >= 15 is 0 Å². The van der Waals surface area contributed by atoms with Crippen molar-refractivity contribution in [3.05, 3.63) is 59.4 Å². The number of carbonyl (C=O) groups is 2. The summed E-state index contributed by atoms with van der Waals surface area (Å²) in [6.07, 6.45) is -0.670. The molecule has 1 aliphatic rings. The van der Waals surface area contributed by atoms with E-state index in [-0.39, 0.29) is 43.0 Å². The summed E-state index contributed by atoms with van der Waals surface area (Å²) in [5.41, 5.74) is 3.83. The van der Waals surface area contributed by atoms with Crippen molar-refractivity contribution >= 4 is 11.8 Å². The minimum Gasteiger partial charge on any atom is -0.366 e. The molecule has 2 aromatic rings. The molecule has 1 fully saturated rings. The van der Waals surface area contributed by atoms with Crippen LogP contribution in [0.4, 0.5) is 17.6 Å². The molecule has 0 spiro atoms. The van der Waals surface area contributed by atoms with Crippen molar-refractivity contribution in [1.29, 1.82) is 0 Å². The Morgan fingerprint density at radius 1 is 1.21 bits per heavy atom. The molecule has 1 unspecified atom stereocenters. The lowest BCUT2D eigenvalue weighted by atomic mass is 9.81. The largest absolute Gasteiger partial charge is 0.395 e. The van der Waals surface area contributed by atoms with E-state index in [0.29, 0.717) is 12.0 Å². The highest BCUT2D eigenvalue weighted by Gasteiger charge is 2.67. The van der Waals surface area contributed by atoms with Crippen LogP contribution in [0.5, 0.6) is 0 Å². The molecular formula is C23H27F4N5O2. The molecule has 2 amide bonds. The Morgan fingerprint density at radius 3 is 2.35 bits per heavy atom. The zero-order valence-corrected chi connectivity index (χ0v) is 18.9. The average Bonchev–Trinajstić information content (AvgIpc) is 3.57. The summed E-state index contributed by atoms with van der Waals surface area (Å²) in [4.78, 5) is 33.4. The van der Waals surface area contributed by atoms with Gasteiger partial charge in [0.05, 0.1) is 11.0 Å². The number of rotatable bonds is 10. The van der Waals surface area contributed by atoms with Crippen LogP contribution in [0.15, 0.2) is 36.9 Å². The summed E-state index contributed by atoms with van der Waals surface area (Å²) in [5.74, 6) is -3.21. The van der Waals surface area contributed by atoms with Crippen molar-refractivity contribution in [3.63, 3.8) is 0 Å². The standard InChI is InChI=1S/C23H27F4N5O2/c1-32(2)16(7-14-3-4-17(21(28)34)19(24)8-14)12-31-20(33)9-18(15-10-29-13-30-11-15)22(5-6-22)23(25,26)27/h3-4,8,10-11,13,16,18H,5-7,9,12H2,1-2H3,(H2,28,34)(H,31,33)/t16-,18?/m0/s1. The van der Waals surface area contributed by atoms with Gasteiger partial charge in [-0.25, -0.2) is 14.4 Å². The number of benzene rings is 1. The number of primary amides is 1. The van der Waals surface area contributed by atoms with E-state index < -0.39 is 35.1 Å². The van der Waals surface area contributed by atoms with Gasteiger partial charge in [-0.3, -0.25) is 9.59 Å². The second-order valence-corrected chi connectivity index (χ2v) is 8.89. The number of hydrogen-bond donors (Lipinski definition) is 2. The molecule has 34 heavy (non-hydrogen) atoms. The Hall–Kier alpha value is -3.08. The van der Waals surface area contributed by atoms with Crippen LogP contribution >= 0.6 is 0 Å². The van der Waals surface area contributed by atoms with Gasteiger partial charge in [0.25, 0.3) is 5.91 Å². The normalized spacial score (nSPS) is 16.7. The molecule has 1 aromatic heterocycles. The number of alkyl halides is 3. The molecule has 11 heteroatoms. The van der Waals surface area contributed by atoms with Gasteiger partial charge in [0.2, 0.25) is 5.91 Å². The molecule has 1 aliphatic carbocycles. The summed E-state index contributed by atoms with van der Waals surface area (Å²) in [6.45, 7) is 0.141. The maximum atomic E-state index is 14.1. The maximum absolute atomic E-state index is 14.1. The molecule has 7 nitrogen and oxygen atoms in total. The van der Waals surface area contributed by atoms with Crippen molar-refractivity contribution in [3.8, 4) is 0 Å². The van der Waals surface area contributed by atoms with Crippen LogP contribution in [-0.4, -0.2) is 59.5 Å². The number of amides is 2. The number of hydrogen-bond acceptors (Lipinski definition) is 5. The zero-order chi connectivity index (χ0) is 25.1. The van der Waals surface area contributed by atoms with Crippen LogP contribution in [0.25, 0.3) is 0 Å². The van der Waals surface area contributed by atoms with Gasteiger partial charge in [-0.1, -0.05) is 6.07 Å². The van der Waals surface area contributed by atoms with Crippen molar-refractivity contribution in [2.75, 3.05) is 20.6 Å². The third-order valence-corrected chi connectivity index (χ3v) is 6.43. The lowest BCUT2D eigenvalue weighted by molar-refractivity contribution is -0.194. The molecule has 0 saturated heterocycles. The Kier molecular flexibility index (Phi) is 7.54. The number of nitrogens with two attached hydrogens (primary N) is 1. The smallest absolute Gasteiger partial charge is 0.366 e. The minimum atomic E-state index is -4.44. The van der Waals surface area contributed by atoms with Crippen molar-refractivity contribution in [2.45, 2.75) is 43.8 Å². The lowest BCUT2D eigenvalue weighted by Crippen LogP contribution is -2.42. The topological polar surface area (TPSA) is 101 Å². The highest BCUT2D eigenvalue weighted by Crippen LogP contribution is 2.66. The Labute approximate surface area is 194 Å². The Balaban J connectivity index is 1.68. The fraction of sp³-hybridized carbons (Fsp3) is 0.478. The molecule has 1 saturated carbocycles. The first kappa shape index (κ1) is 25.5. The molecule has 0 radical (unpaired) electrons. The van der Waals surface area contributed by atoms with Crippen molar-refractivity contribution in [2.24, 2.45) is 11.1 Å². The van der Waals surface area contributed by atoms with E-state index in [1.165, 1.54) is 30.9 Å². The Morgan fingerprint density at radius 2 is 1.85 bits per heavy atom. The highest BCUT2D eigenvalue weighted by atomic mass is 19.4. The molecule has 1 aromatic carbocycles. The minimum absolute atomic E-state index is 0.0451. The van der Waals surface area contributed by atoms with E-state index in [9.17, 15) is 27.2 Å².